The Balaban J connectivity index is 1.94. The molecule has 1 aliphatic heterocycles. The summed E-state index contributed by atoms with van der Waals surface area (Å²) in [6, 6.07) is 5.48. The molecule has 2 aliphatic rings. The third-order valence-electron chi connectivity index (χ3n) is 3.66. The lowest BCUT2D eigenvalue weighted by Crippen LogP contribution is -2.51. The first-order chi connectivity index (χ1) is 7.58. The van der Waals surface area contributed by atoms with Crippen LogP contribution in [0.1, 0.15) is 37.9 Å². The third-order valence-corrected chi connectivity index (χ3v) is 3.90. The van der Waals surface area contributed by atoms with Crippen molar-refractivity contribution in [3.05, 3.63) is 28.8 Å². The highest BCUT2D eigenvalue weighted by Gasteiger charge is 2.48. The smallest absolute Gasteiger partial charge is 0.126 e. The number of ether oxygens (including phenoxy) is 1. The van der Waals surface area contributed by atoms with Crippen LogP contribution in [0.4, 0.5) is 0 Å². The van der Waals surface area contributed by atoms with Gasteiger partial charge in [0.15, 0.2) is 0 Å². The first-order valence-electron chi connectivity index (χ1n) is 5.74. The molecule has 3 rings (SSSR count). The van der Waals surface area contributed by atoms with Gasteiger partial charge in [0.1, 0.15) is 11.4 Å². The van der Waals surface area contributed by atoms with Crippen LogP contribution < -0.4 is 4.74 Å². The van der Waals surface area contributed by atoms with E-state index in [0.717, 1.165) is 24.2 Å². The Hall–Kier alpha value is -0.730. The molecular weight excluding hydrogens is 224 g/mol. The summed E-state index contributed by atoms with van der Waals surface area (Å²) in [7, 11) is 0. The molecule has 1 aromatic carbocycles. The van der Waals surface area contributed by atoms with Crippen molar-refractivity contribution >= 4 is 11.6 Å². The van der Waals surface area contributed by atoms with E-state index in [0.29, 0.717) is 17.4 Å². The molecular formula is C13H15ClO2. The fraction of sp³-hybridized carbons (Fsp3) is 0.538. The summed E-state index contributed by atoms with van der Waals surface area (Å²) in [4.78, 5) is 0. The van der Waals surface area contributed by atoms with Crippen LogP contribution in [0.25, 0.3) is 0 Å². The predicted octanol–water partition coefficient (Wildman–Crippen LogP) is 3.32. The van der Waals surface area contributed by atoms with E-state index < -0.39 is 6.10 Å². The van der Waals surface area contributed by atoms with Gasteiger partial charge in [-0.1, -0.05) is 18.5 Å². The Morgan fingerprint density at radius 1 is 1.38 bits per heavy atom. The maximum Gasteiger partial charge on any atom is 0.126 e. The maximum absolute atomic E-state index is 10.1. The van der Waals surface area contributed by atoms with Crippen molar-refractivity contribution in [3.63, 3.8) is 0 Å². The van der Waals surface area contributed by atoms with E-state index >= 15 is 0 Å². The molecule has 0 saturated heterocycles. The van der Waals surface area contributed by atoms with Crippen molar-refractivity contribution in [1.82, 2.24) is 0 Å². The number of hydrogen-bond acceptors (Lipinski definition) is 2. The Kier molecular flexibility index (Phi) is 2.20. The van der Waals surface area contributed by atoms with Crippen LogP contribution in [0.5, 0.6) is 5.75 Å². The van der Waals surface area contributed by atoms with Gasteiger partial charge < -0.3 is 9.84 Å². The molecule has 1 heterocycles. The quantitative estimate of drug-likeness (QED) is 0.751. The summed E-state index contributed by atoms with van der Waals surface area (Å²) >= 11 is 5.92. The molecule has 0 amide bonds. The second-order valence-electron chi connectivity index (χ2n) is 5.20. The average Bonchev–Trinajstić information content (AvgIpc) is 2.17. The topological polar surface area (TPSA) is 29.5 Å². The van der Waals surface area contributed by atoms with Crippen LogP contribution in [-0.4, -0.2) is 10.7 Å². The average molecular weight is 239 g/mol. The molecule has 86 valence electrons. The highest BCUT2D eigenvalue weighted by atomic mass is 35.5. The molecule has 1 atom stereocenters. The molecule has 0 aromatic heterocycles. The summed E-state index contributed by atoms with van der Waals surface area (Å²) in [6.45, 7) is 2.22. The molecule has 1 aliphatic carbocycles. The van der Waals surface area contributed by atoms with Gasteiger partial charge in [0.2, 0.25) is 0 Å². The van der Waals surface area contributed by atoms with E-state index in [2.05, 4.69) is 6.92 Å². The van der Waals surface area contributed by atoms with Crippen LogP contribution >= 0.6 is 11.6 Å². The summed E-state index contributed by atoms with van der Waals surface area (Å²) in [5, 5.41) is 10.8. The predicted molar refractivity (Wildman–Crippen MR) is 62.8 cm³/mol. The van der Waals surface area contributed by atoms with E-state index in [1.54, 1.807) is 6.07 Å². The third kappa shape index (κ3) is 1.52. The Morgan fingerprint density at radius 3 is 2.81 bits per heavy atom. The summed E-state index contributed by atoms with van der Waals surface area (Å²) < 4.78 is 6.03. The number of fused-ring (bicyclic) bond motifs is 1. The van der Waals surface area contributed by atoms with E-state index in [1.807, 2.05) is 12.1 Å². The zero-order valence-corrected chi connectivity index (χ0v) is 10.00. The van der Waals surface area contributed by atoms with Gasteiger partial charge in [-0.2, -0.15) is 0 Å². The summed E-state index contributed by atoms with van der Waals surface area (Å²) in [5.41, 5.74) is 0.720. The van der Waals surface area contributed by atoms with E-state index in [-0.39, 0.29) is 5.60 Å². The number of aliphatic hydroxyl groups is 1. The SMILES string of the molecule is CC1CC2(C1)C[C@@H](O)c1cc(Cl)ccc1O2. The maximum atomic E-state index is 10.1. The summed E-state index contributed by atoms with van der Waals surface area (Å²) in [5.74, 6) is 1.51. The normalized spacial score (nSPS) is 36.4. The fourth-order valence-corrected chi connectivity index (χ4v) is 3.25. The molecule has 0 bridgehead atoms. The Labute approximate surface area is 100 Å². The van der Waals surface area contributed by atoms with Gasteiger partial charge >= 0.3 is 0 Å². The molecule has 0 unspecified atom stereocenters. The minimum absolute atomic E-state index is 0.111. The Bertz CT molecular complexity index is 424. The number of halogens is 1. The minimum atomic E-state index is -0.435. The molecule has 3 heteroatoms. The first kappa shape index (κ1) is 10.4. The number of benzene rings is 1. The van der Waals surface area contributed by atoms with E-state index in [9.17, 15) is 5.11 Å². The molecule has 1 spiro atoms. The van der Waals surface area contributed by atoms with Crippen molar-refractivity contribution < 1.29 is 9.84 Å². The largest absolute Gasteiger partial charge is 0.487 e. The first-order valence-corrected chi connectivity index (χ1v) is 6.12. The highest BCUT2D eigenvalue weighted by molar-refractivity contribution is 6.30. The van der Waals surface area contributed by atoms with Gasteiger partial charge in [0, 0.05) is 17.0 Å². The van der Waals surface area contributed by atoms with Crippen molar-refractivity contribution in [2.75, 3.05) is 0 Å². The monoisotopic (exact) mass is 238 g/mol. The van der Waals surface area contributed by atoms with Crippen LogP contribution in [0.15, 0.2) is 18.2 Å². The molecule has 1 N–H and O–H groups in total. The highest BCUT2D eigenvalue weighted by Crippen LogP contribution is 2.51. The second kappa shape index (κ2) is 3.38. The lowest BCUT2D eigenvalue weighted by molar-refractivity contribution is -0.0925. The van der Waals surface area contributed by atoms with Gasteiger partial charge in [-0.15, -0.1) is 0 Å². The molecule has 1 saturated carbocycles. The standard InChI is InChI=1S/C13H15ClO2/c1-8-5-13(6-8)7-11(15)10-4-9(14)2-3-12(10)16-13/h2-4,8,11,15H,5-7H2,1H3/t8?,11-,13?/m1/s1. The lowest BCUT2D eigenvalue weighted by Gasteiger charge is -2.50. The van der Waals surface area contributed by atoms with E-state index in [4.69, 9.17) is 16.3 Å². The van der Waals surface area contributed by atoms with Crippen molar-refractivity contribution in [2.45, 2.75) is 37.9 Å². The molecule has 2 nitrogen and oxygen atoms in total. The van der Waals surface area contributed by atoms with Gasteiger partial charge in [0.25, 0.3) is 0 Å². The van der Waals surface area contributed by atoms with Crippen molar-refractivity contribution in [1.29, 1.82) is 0 Å². The van der Waals surface area contributed by atoms with Crippen molar-refractivity contribution in [2.24, 2.45) is 5.92 Å². The summed E-state index contributed by atoms with van der Waals surface area (Å²) in [6.07, 6.45) is 2.36. The number of hydrogen-bond donors (Lipinski definition) is 1. The number of rotatable bonds is 0. The minimum Gasteiger partial charge on any atom is -0.487 e. The second-order valence-corrected chi connectivity index (χ2v) is 5.64. The van der Waals surface area contributed by atoms with Gasteiger partial charge in [-0.05, 0) is 37.0 Å². The molecule has 1 fully saturated rings. The molecule has 16 heavy (non-hydrogen) atoms. The van der Waals surface area contributed by atoms with Crippen LogP contribution in [0, 0.1) is 5.92 Å². The van der Waals surface area contributed by atoms with Crippen LogP contribution in [-0.2, 0) is 0 Å². The molecule has 1 aromatic rings. The zero-order chi connectivity index (χ0) is 11.3. The fourth-order valence-electron chi connectivity index (χ4n) is 3.07. The lowest BCUT2D eigenvalue weighted by atomic mass is 9.67. The molecule has 0 radical (unpaired) electrons. The Morgan fingerprint density at radius 2 is 2.12 bits per heavy atom. The van der Waals surface area contributed by atoms with E-state index in [1.165, 1.54) is 0 Å². The van der Waals surface area contributed by atoms with Gasteiger partial charge in [0.05, 0.1) is 6.10 Å². The van der Waals surface area contributed by atoms with Crippen LogP contribution in [0.3, 0.4) is 0 Å². The van der Waals surface area contributed by atoms with Crippen LogP contribution in [0.2, 0.25) is 5.02 Å². The zero-order valence-electron chi connectivity index (χ0n) is 9.24. The van der Waals surface area contributed by atoms with Gasteiger partial charge in [-0.25, -0.2) is 0 Å². The number of aliphatic hydroxyl groups excluding tert-OH is 1. The van der Waals surface area contributed by atoms with Gasteiger partial charge in [-0.3, -0.25) is 0 Å². The van der Waals surface area contributed by atoms with Crippen molar-refractivity contribution in [3.8, 4) is 5.75 Å².